The van der Waals surface area contributed by atoms with Gasteiger partial charge in [0.1, 0.15) is 18.3 Å². The third kappa shape index (κ3) is 8.64. The number of rotatable bonds is 15. The van der Waals surface area contributed by atoms with Gasteiger partial charge in [0, 0.05) is 23.6 Å². The summed E-state index contributed by atoms with van der Waals surface area (Å²) in [5.74, 6) is 0.249. The second-order valence-electron chi connectivity index (χ2n) is 9.57. The molecule has 0 heterocycles. The first-order valence-electron chi connectivity index (χ1n) is 13.8. The number of nitrogens with zero attached hydrogens (tertiary/aromatic N) is 2. The van der Waals surface area contributed by atoms with Crippen molar-refractivity contribution in [2.75, 3.05) is 38.2 Å². The first-order valence-corrected chi connectivity index (χ1v) is 16.1. The minimum absolute atomic E-state index is 0.0972. The third-order valence-corrected chi connectivity index (χ3v) is 8.94. The van der Waals surface area contributed by atoms with Gasteiger partial charge < -0.3 is 24.4 Å². The average Bonchev–Trinajstić information content (AvgIpc) is 3.01. The van der Waals surface area contributed by atoms with Gasteiger partial charge in [0.05, 0.1) is 31.4 Å². The van der Waals surface area contributed by atoms with Crippen molar-refractivity contribution in [3.63, 3.8) is 0 Å². The molecule has 2 amide bonds. The molecule has 232 valence electrons. The van der Waals surface area contributed by atoms with Gasteiger partial charge in [-0.3, -0.25) is 13.9 Å². The fourth-order valence-electron chi connectivity index (χ4n) is 4.27. The molecular weight excluding hydrogens is 638 g/mol. The highest BCUT2D eigenvalue weighted by Gasteiger charge is 2.33. The molecule has 3 aromatic rings. The maximum Gasteiger partial charge on any atom is 0.264 e. The number of nitrogens with one attached hydrogen (secondary N) is 1. The highest BCUT2D eigenvalue weighted by Crippen LogP contribution is 2.33. The molecule has 3 rings (SSSR count). The number of carbonyl (C=O) groups excluding carboxylic acids is 2. The Labute approximate surface area is 262 Å². The van der Waals surface area contributed by atoms with E-state index in [9.17, 15) is 18.0 Å². The highest BCUT2D eigenvalue weighted by molar-refractivity contribution is 9.10. The first kappa shape index (κ1) is 33.7. The molecule has 0 aromatic heterocycles. The number of sulfonamides is 1. The second-order valence-corrected chi connectivity index (χ2v) is 12.3. The van der Waals surface area contributed by atoms with Crippen LogP contribution in [0.15, 0.2) is 76.1 Å². The normalized spacial score (nSPS) is 11.8. The summed E-state index contributed by atoms with van der Waals surface area (Å²) in [5, 5.41) is 2.83. The number of benzene rings is 3. The van der Waals surface area contributed by atoms with Crippen LogP contribution in [0.5, 0.6) is 17.2 Å². The summed E-state index contributed by atoms with van der Waals surface area (Å²) in [6.45, 7) is 5.84. The molecule has 0 unspecified atom stereocenters. The number of methoxy groups -OCH3 is 2. The molecule has 0 saturated heterocycles. The molecule has 0 radical (unpaired) electrons. The van der Waals surface area contributed by atoms with Gasteiger partial charge in [0.25, 0.3) is 10.0 Å². The quantitative estimate of drug-likeness (QED) is 0.241. The maximum atomic E-state index is 14.2. The lowest BCUT2D eigenvalue weighted by Gasteiger charge is -2.32. The Morgan fingerprint density at radius 3 is 2.16 bits per heavy atom. The van der Waals surface area contributed by atoms with Crippen molar-refractivity contribution >= 4 is 43.5 Å². The van der Waals surface area contributed by atoms with Crippen LogP contribution in [-0.4, -0.2) is 65.1 Å². The molecular formula is C31H38BrN3O7S. The van der Waals surface area contributed by atoms with Gasteiger partial charge in [0.15, 0.2) is 11.5 Å². The van der Waals surface area contributed by atoms with Crippen molar-refractivity contribution < 1.29 is 32.2 Å². The molecule has 0 aliphatic heterocycles. The summed E-state index contributed by atoms with van der Waals surface area (Å²) in [6, 6.07) is 17.2. The van der Waals surface area contributed by atoms with Crippen LogP contribution in [0.3, 0.4) is 0 Å². The van der Waals surface area contributed by atoms with Crippen LogP contribution < -0.4 is 23.8 Å². The Kier molecular flexibility index (Phi) is 12.3. The second kappa shape index (κ2) is 15.6. The molecule has 43 heavy (non-hydrogen) atoms. The van der Waals surface area contributed by atoms with E-state index in [4.69, 9.17) is 14.2 Å². The summed E-state index contributed by atoms with van der Waals surface area (Å²) in [7, 11) is -1.44. The average molecular weight is 677 g/mol. The number of hydrogen-bond donors (Lipinski definition) is 1. The van der Waals surface area contributed by atoms with E-state index in [-0.39, 0.29) is 28.8 Å². The van der Waals surface area contributed by atoms with Gasteiger partial charge in [-0.1, -0.05) is 35.0 Å². The highest BCUT2D eigenvalue weighted by atomic mass is 79.9. The zero-order valence-electron chi connectivity index (χ0n) is 25.0. The summed E-state index contributed by atoms with van der Waals surface area (Å²) in [5.41, 5.74) is 1.03. The number of ether oxygens (including phenoxy) is 3. The molecule has 0 aliphatic rings. The summed E-state index contributed by atoms with van der Waals surface area (Å²) >= 11 is 3.41. The molecule has 12 heteroatoms. The van der Waals surface area contributed by atoms with E-state index < -0.39 is 28.5 Å². The van der Waals surface area contributed by atoms with Gasteiger partial charge in [0.2, 0.25) is 11.8 Å². The van der Waals surface area contributed by atoms with E-state index in [1.807, 2.05) is 38.1 Å². The van der Waals surface area contributed by atoms with Crippen molar-refractivity contribution in [3.05, 3.63) is 76.8 Å². The van der Waals surface area contributed by atoms with E-state index in [2.05, 4.69) is 21.2 Å². The SMILES string of the molecule is CCCNC(=O)[C@@H](C)N(Cc1ccc(Br)cc1)C(=O)CN(c1ccc(OCC)cc1)S(=O)(=O)c1ccc(OC)c(OC)c1. The molecule has 0 aliphatic carbocycles. The standard InChI is InChI=1S/C31H38BrN3O7S/c1-6-18-33-31(37)22(3)34(20-23-8-10-24(32)11-9-23)30(36)21-35(25-12-14-26(15-13-25)42-7-2)43(38,39)27-16-17-28(40-4)29(19-27)41-5/h8-17,19,22H,6-7,18,20-21H2,1-5H3,(H,33,37)/t22-/m1/s1. The molecule has 0 saturated carbocycles. The summed E-state index contributed by atoms with van der Waals surface area (Å²) in [6.07, 6.45) is 0.730. The summed E-state index contributed by atoms with van der Waals surface area (Å²) in [4.78, 5) is 28.4. The largest absolute Gasteiger partial charge is 0.494 e. The van der Waals surface area contributed by atoms with Gasteiger partial charge in [-0.2, -0.15) is 0 Å². The first-order chi connectivity index (χ1) is 20.5. The van der Waals surface area contributed by atoms with Crippen molar-refractivity contribution in [2.45, 2.75) is 44.7 Å². The van der Waals surface area contributed by atoms with Crippen LogP contribution in [-0.2, 0) is 26.2 Å². The Morgan fingerprint density at radius 1 is 0.930 bits per heavy atom. The van der Waals surface area contributed by atoms with Gasteiger partial charge >= 0.3 is 0 Å². The van der Waals surface area contributed by atoms with E-state index in [1.54, 1.807) is 31.2 Å². The van der Waals surface area contributed by atoms with Crippen LogP contribution in [0, 0.1) is 0 Å². The molecule has 1 atom stereocenters. The Balaban J connectivity index is 2.07. The van der Waals surface area contributed by atoms with E-state index in [0.29, 0.717) is 24.7 Å². The van der Waals surface area contributed by atoms with Gasteiger partial charge in [-0.05, 0) is 74.4 Å². The molecule has 3 aromatic carbocycles. The number of amides is 2. The van der Waals surface area contributed by atoms with Crippen LogP contribution in [0.1, 0.15) is 32.8 Å². The van der Waals surface area contributed by atoms with Crippen LogP contribution in [0.25, 0.3) is 0 Å². The molecule has 1 N–H and O–H groups in total. The lowest BCUT2D eigenvalue weighted by Crippen LogP contribution is -2.51. The number of hydrogen-bond acceptors (Lipinski definition) is 7. The minimum atomic E-state index is -4.30. The third-order valence-electron chi connectivity index (χ3n) is 6.64. The predicted molar refractivity (Wildman–Crippen MR) is 169 cm³/mol. The van der Waals surface area contributed by atoms with Crippen LogP contribution >= 0.6 is 15.9 Å². The predicted octanol–water partition coefficient (Wildman–Crippen LogP) is 5.00. The van der Waals surface area contributed by atoms with Crippen LogP contribution in [0.4, 0.5) is 5.69 Å². The smallest absolute Gasteiger partial charge is 0.264 e. The lowest BCUT2D eigenvalue weighted by molar-refractivity contribution is -0.139. The van der Waals surface area contributed by atoms with Gasteiger partial charge in [-0.25, -0.2) is 8.42 Å². The number of anilines is 1. The number of halogens is 1. The van der Waals surface area contributed by atoms with Crippen molar-refractivity contribution in [1.29, 1.82) is 0 Å². The van der Waals surface area contributed by atoms with E-state index in [0.717, 1.165) is 20.8 Å². The van der Waals surface area contributed by atoms with E-state index >= 15 is 0 Å². The molecule has 0 bridgehead atoms. The summed E-state index contributed by atoms with van der Waals surface area (Å²) < 4.78 is 46.3. The zero-order chi connectivity index (χ0) is 31.6. The van der Waals surface area contributed by atoms with E-state index in [1.165, 1.54) is 37.3 Å². The topological polar surface area (TPSA) is 114 Å². The lowest BCUT2D eigenvalue weighted by atomic mass is 10.1. The number of carbonyl (C=O) groups is 2. The fraction of sp³-hybridized carbons (Fsp3) is 0.355. The minimum Gasteiger partial charge on any atom is -0.494 e. The van der Waals surface area contributed by atoms with Crippen LogP contribution in [0.2, 0.25) is 0 Å². The Bertz CT molecular complexity index is 1480. The zero-order valence-corrected chi connectivity index (χ0v) is 27.4. The van der Waals surface area contributed by atoms with Gasteiger partial charge in [-0.15, -0.1) is 0 Å². The van der Waals surface area contributed by atoms with Crippen molar-refractivity contribution in [2.24, 2.45) is 0 Å². The monoisotopic (exact) mass is 675 g/mol. The van der Waals surface area contributed by atoms with Crippen molar-refractivity contribution in [3.8, 4) is 17.2 Å². The molecule has 0 spiro atoms. The Morgan fingerprint density at radius 2 is 1.58 bits per heavy atom. The molecule has 0 fully saturated rings. The maximum absolute atomic E-state index is 14.2. The fourth-order valence-corrected chi connectivity index (χ4v) is 5.97. The Hall–Kier alpha value is -3.77. The molecule has 10 nitrogen and oxygen atoms in total. The van der Waals surface area contributed by atoms with Crippen molar-refractivity contribution in [1.82, 2.24) is 10.2 Å².